The van der Waals surface area contributed by atoms with E-state index in [1.807, 2.05) is 6.08 Å². The van der Waals surface area contributed by atoms with Crippen molar-refractivity contribution in [3.05, 3.63) is 12.2 Å². The van der Waals surface area contributed by atoms with Crippen LogP contribution in [-0.4, -0.2) is 30.8 Å². The van der Waals surface area contributed by atoms with Gasteiger partial charge < -0.3 is 0 Å². The minimum Gasteiger partial charge on any atom is -0.300 e. The lowest BCUT2D eigenvalue weighted by Gasteiger charge is -2.11. The molecule has 0 unspecified atom stereocenters. The fraction of sp³-hybridized carbons (Fsp3) is 0.625. The van der Waals surface area contributed by atoms with Crippen molar-refractivity contribution in [1.82, 2.24) is 4.90 Å². The largest absolute Gasteiger partial charge is 0.300 e. The van der Waals surface area contributed by atoms with Gasteiger partial charge in [-0.2, -0.15) is 0 Å². The number of rotatable bonds is 4. The van der Waals surface area contributed by atoms with Crippen LogP contribution in [0.2, 0.25) is 0 Å². The molecule has 1 aliphatic rings. The summed E-state index contributed by atoms with van der Waals surface area (Å²) >= 11 is 0. The summed E-state index contributed by atoms with van der Waals surface area (Å²) in [5, 5.41) is 0. The Morgan fingerprint density at radius 1 is 1.60 bits per heavy atom. The van der Waals surface area contributed by atoms with Crippen LogP contribution < -0.4 is 0 Å². The molecule has 0 aliphatic heterocycles. The van der Waals surface area contributed by atoms with Gasteiger partial charge >= 0.3 is 0 Å². The third-order valence-corrected chi connectivity index (χ3v) is 1.78. The Morgan fingerprint density at radius 3 is 2.80 bits per heavy atom. The summed E-state index contributed by atoms with van der Waals surface area (Å²) in [5.41, 5.74) is 0. The SMILES string of the molecule is CN(CC=CC=O)C1CC1. The first-order valence-corrected chi connectivity index (χ1v) is 3.65. The number of allylic oxidation sites excluding steroid dienone is 1. The zero-order valence-corrected chi connectivity index (χ0v) is 6.29. The van der Waals surface area contributed by atoms with E-state index in [1.165, 1.54) is 12.8 Å². The van der Waals surface area contributed by atoms with E-state index in [4.69, 9.17) is 0 Å². The third-order valence-electron chi connectivity index (χ3n) is 1.78. The molecule has 0 aromatic heterocycles. The lowest BCUT2D eigenvalue weighted by molar-refractivity contribution is -0.104. The quantitative estimate of drug-likeness (QED) is 0.425. The van der Waals surface area contributed by atoms with Crippen LogP contribution in [0.1, 0.15) is 12.8 Å². The zero-order chi connectivity index (χ0) is 7.40. The maximum absolute atomic E-state index is 9.87. The Morgan fingerprint density at radius 2 is 2.30 bits per heavy atom. The number of aldehydes is 1. The predicted molar refractivity (Wildman–Crippen MR) is 40.9 cm³/mol. The van der Waals surface area contributed by atoms with Gasteiger partial charge in [-0.05, 0) is 26.0 Å². The van der Waals surface area contributed by atoms with Gasteiger partial charge in [-0.25, -0.2) is 0 Å². The highest BCUT2D eigenvalue weighted by Gasteiger charge is 2.24. The maximum Gasteiger partial charge on any atom is 0.142 e. The Balaban J connectivity index is 2.10. The van der Waals surface area contributed by atoms with Crippen LogP contribution in [0.15, 0.2) is 12.2 Å². The summed E-state index contributed by atoms with van der Waals surface area (Å²) in [6.07, 6.45) is 6.92. The second kappa shape index (κ2) is 3.52. The molecular weight excluding hydrogens is 126 g/mol. The minimum atomic E-state index is 0.788. The van der Waals surface area contributed by atoms with Crippen LogP contribution in [0, 0.1) is 0 Å². The molecule has 0 radical (unpaired) electrons. The molecule has 1 saturated carbocycles. The Labute approximate surface area is 61.5 Å². The average molecular weight is 139 g/mol. The number of likely N-dealkylation sites (N-methyl/N-ethyl adjacent to an activating group) is 1. The normalized spacial score (nSPS) is 18.6. The lowest BCUT2D eigenvalue weighted by Crippen LogP contribution is -2.20. The lowest BCUT2D eigenvalue weighted by atomic mass is 10.4. The van der Waals surface area contributed by atoms with Gasteiger partial charge in [-0.15, -0.1) is 0 Å². The molecule has 0 N–H and O–H groups in total. The number of nitrogens with zero attached hydrogens (tertiary/aromatic N) is 1. The molecule has 0 spiro atoms. The summed E-state index contributed by atoms with van der Waals surface area (Å²) < 4.78 is 0. The first-order valence-electron chi connectivity index (χ1n) is 3.65. The summed E-state index contributed by atoms with van der Waals surface area (Å²) in [5.74, 6) is 0. The highest BCUT2D eigenvalue weighted by Crippen LogP contribution is 2.24. The summed E-state index contributed by atoms with van der Waals surface area (Å²) in [7, 11) is 2.09. The number of carbonyl (C=O) groups is 1. The molecule has 56 valence electrons. The number of carbonyl (C=O) groups excluding carboxylic acids is 1. The van der Waals surface area contributed by atoms with Gasteiger partial charge in [0, 0.05) is 12.6 Å². The molecule has 0 heterocycles. The summed E-state index contributed by atoms with van der Waals surface area (Å²) in [6.45, 7) is 0.906. The fourth-order valence-corrected chi connectivity index (χ4v) is 0.947. The number of hydrogen-bond donors (Lipinski definition) is 0. The highest BCUT2D eigenvalue weighted by molar-refractivity contribution is 5.64. The van der Waals surface area contributed by atoms with Gasteiger partial charge in [0.25, 0.3) is 0 Å². The van der Waals surface area contributed by atoms with E-state index in [0.717, 1.165) is 18.9 Å². The van der Waals surface area contributed by atoms with Gasteiger partial charge in [-0.3, -0.25) is 9.69 Å². The van der Waals surface area contributed by atoms with Crippen molar-refractivity contribution in [3.8, 4) is 0 Å². The minimum absolute atomic E-state index is 0.788. The Kier molecular flexibility index (Phi) is 2.63. The summed E-state index contributed by atoms with van der Waals surface area (Å²) in [6, 6.07) is 0.788. The Hall–Kier alpha value is -0.630. The molecule has 2 heteroatoms. The van der Waals surface area contributed by atoms with E-state index in [1.54, 1.807) is 6.08 Å². The summed E-state index contributed by atoms with van der Waals surface area (Å²) in [4.78, 5) is 12.1. The molecule has 0 atom stereocenters. The monoisotopic (exact) mass is 139 g/mol. The molecule has 0 amide bonds. The van der Waals surface area contributed by atoms with Crippen molar-refractivity contribution in [3.63, 3.8) is 0 Å². The molecule has 0 saturated heterocycles. The van der Waals surface area contributed by atoms with Crippen LogP contribution in [0.4, 0.5) is 0 Å². The molecule has 0 aromatic rings. The van der Waals surface area contributed by atoms with Crippen LogP contribution in [-0.2, 0) is 4.79 Å². The molecule has 1 fully saturated rings. The average Bonchev–Trinajstić information content (AvgIpc) is 2.69. The Bertz CT molecular complexity index is 138. The topological polar surface area (TPSA) is 20.3 Å². The molecule has 10 heavy (non-hydrogen) atoms. The van der Waals surface area contributed by atoms with Crippen molar-refractivity contribution >= 4 is 6.29 Å². The van der Waals surface area contributed by atoms with Crippen molar-refractivity contribution < 1.29 is 4.79 Å². The van der Waals surface area contributed by atoms with Gasteiger partial charge in [0.05, 0.1) is 0 Å². The van der Waals surface area contributed by atoms with Crippen molar-refractivity contribution in [2.75, 3.05) is 13.6 Å². The van der Waals surface area contributed by atoms with Crippen LogP contribution in [0.5, 0.6) is 0 Å². The van der Waals surface area contributed by atoms with Gasteiger partial charge in [0.15, 0.2) is 0 Å². The highest BCUT2D eigenvalue weighted by atomic mass is 16.1. The van der Waals surface area contributed by atoms with E-state index < -0.39 is 0 Å². The van der Waals surface area contributed by atoms with Gasteiger partial charge in [0.1, 0.15) is 6.29 Å². The van der Waals surface area contributed by atoms with Crippen molar-refractivity contribution in [2.24, 2.45) is 0 Å². The van der Waals surface area contributed by atoms with Crippen LogP contribution in [0.3, 0.4) is 0 Å². The second-order valence-electron chi connectivity index (χ2n) is 2.73. The van der Waals surface area contributed by atoms with Crippen LogP contribution >= 0.6 is 0 Å². The first-order chi connectivity index (χ1) is 4.84. The van der Waals surface area contributed by atoms with Gasteiger partial charge in [0.2, 0.25) is 0 Å². The van der Waals surface area contributed by atoms with E-state index in [0.29, 0.717) is 0 Å². The van der Waals surface area contributed by atoms with Crippen molar-refractivity contribution in [2.45, 2.75) is 18.9 Å². The molecule has 0 aromatic carbocycles. The predicted octanol–water partition coefficient (Wildman–Crippen LogP) is 0.836. The standard InChI is InChI=1S/C8H13NO/c1-9(8-4-5-8)6-2-3-7-10/h2-3,7-8H,4-6H2,1H3. The zero-order valence-electron chi connectivity index (χ0n) is 6.29. The van der Waals surface area contributed by atoms with Gasteiger partial charge in [-0.1, -0.05) is 6.08 Å². The maximum atomic E-state index is 9.87. The fourth-order valence-electron chi connectivity index (χ4n) is 0.947. The number of hydrogen-bond acceptors (Lipinski definition) is 2. The van der Waals surface area contributed by atoms with E-state index >= 15 is 0 Å². The molecular formula is C8H13NO. The third kappa shape index (κ3) is 2.31. The van der Waals surface area contributed by atoms with E-state index in [9.17, 15) is 4.79 Å². The van der Waals surface area contributed by atoms with Crippen LogP contribution in [0.25, 0.3) is 0 Å². The molecule has 1 rings (SSSR count). The first kappa shape index (κ1) is 7.48. The molecule has 0 bridgehead atoms. The second-order valence-corrected chi connectivity index (χ2v) is 2.73. The van der Waals surface area contributed by atoms with Crippen molar-refractivity contribution in [1.29, 1.82) is 0 Å². The molecule has 2 nitrogen and oxygen atoms in total. The smallest absolute Gasteiger partial charge is 0.142 e. The van der Waals surface area contributed by atoms with E-state index in [-0.39, 0.29) is 0 Å². The van der Waals surface area contributed by atoms with E-state index in [2.05, 4.69) is 11.9 Å². The molecule has 1 aliphatic carbocycles.